The van der Waals surface area contributed by atoms with Crippen molar-refractivity contribution < 1.29 is 19.4 Å². The topological polar surface area (TPSA) is 67.8 Å². The van der Waals surface area contributed by atoms with E-state index in [0.29, 0.717) is 24.7 Å². The van der Waals surface area contributed by atoms with Crippen molar-refractivity contribution in [3.8, 4) is 11.5 Å². The van der Waals surface area contributed by atoms with Crippen molar-refractivity contribution in [2.24, 2.45) is 5.92 Å². The molecule has 5 nitrogen and oxygen atoms in total. The molecule has 0 spiro atoms. The number of halogens is 1. The summed E-state index contributed by atoms with van der Waals surface area (Å²) in [5, 5.41) is 12.5. The summed E-state index contributed by atoms with van der Waals surface area (Å²) in [6, 6.07) is 11.1. The lowest BCUT2D eigenvalue weighted by atomic mass is 10.0. The number of aliphatic carboxylic acids is 1. The number of hydrogen-bond acceptors (Lipinski definition) is 4. The van der Waals surface area contributed by atoms with Crippen LogP contribution in [0.1, 0.15) is 30.5 Å². The number of carboxylic acid groups (broad SMARTS) is 1. The second-order valence-corrected chi connectivity index (χ2v) is 7.57. The lowest BCUT2D eigenvalue weighted by Crippen LogP contribution is -2.40. The number of carbonyl (C=O) groups is 1. The third-order valence-electron chi connectivity index (χ3n) is 4.45. The van der Waals surface area contributed by atoms with Gasteiger partial charge in [-0.05, 0) is 36.1 Å². The van der Waals surface area contributed by atoms with Crippen LogP contribution in [0, 0.1) is 12.8 Å². The van der Waals surface area contributed by atoms with Crippen molar-refractivity contribution in [2.45, 2.75) is 40.0 Å². The number of rotatable bonds is 9. The summed E-state index contributed by atoms with van der Waals surface area (Å²) in [7, 11) is 1.59. The number of methoxy groups -OCH3 is 1. The van der Waals surface area contributed by atoms with Crippen LogP contribution < -0.4 is 14.8 Å². The van der Waals surface area contributed by atoms with Crippen LogP contribution >= 0.6 is 15.9 Å². The van der Waals surface area contributed by atoms with Gasteiger partial charge in [0.05, 0.1) is 7.11 Å². The molecule has 0 aliphatic heterocycles. The van der Waals surface area contributed by atoms with Gasteiger partial charge in [-0.15, -0.1) is 0 Å². The predicted octanol–water partition coefficient (Wildman–Crippen LogP) is 4.54. The minimum absolute atomic E-state index is 0.0387. The van der Waals surface area contributed by atoms with Gasteiger partial charge in [-0.3, -0.25) is 10.1 Å². The molecule has 0 heterocycles. The summed E-state index contributed by atoms with van der Waals surface area (Å²) < 4.78 is 12.4. The molecule has 0 aliphatic rings. The predicted molar refractivity (Wildman–Crippen MR) is 109 cm³/mol. The molecule has 0 saturated heterocycles. The lowest BCUT2D eigenvalue weighted by Gasteiger charge is -2.21. The van der Waals surface area contributed by atoms with Gasteiger partial charge < -0.3 is 14.6 Å². The normalized spacial score (nSPS) is 12.1. The average Bonchev–Trinajstić information content (AvgIpc) is 2.62. The first kappa shape index (κ1) is 21.3. The Morgan fingerprint density at radius 1 is 1.22 bits per heavy atom. The van der Waals surface area contributed by atoms with Crippen LogP contribution in [0.4, 0.5) is 0 Å². The Hall–Kier alpha value is -2.05. The fraction of sp³-hybridized carbons (Fsp3) is 0.381. The number of aryl methyl sites for hydroxylation is 1. The fourth-order valence-corrected chi connectivity index (χ4v) is 3.26. The smallest absolute Gasteiger partial charge is 0.320 e. The van der Waals surface area contributed by atoms with Crippen molar-refractivity contribution >= 4 is 21.9 Å². The van der Waals surface area contributed by atoms with Crippen LogP contribution in [0.15, 0.2) is 40.9 Å². The Kier molecular flexibility index (Phi) is 7.68. The van der Waals surface area contributed by atoms with E-state index in [1.807, 2.05) is 57.2 Å². The maximum atomic E-state index is 11.5. The first-order chi connectivity index (χ1) is 12.8. The third kappa shape index (κ3) is 5.47. The molecular formula is C21H26BrNO4. The number of hydrogen-bond donors (Lipinski definition) is 2. The number of carboxylic acids is 1. The van der Waals surface area contributed by atoms with Crippen LogP contribution in [0.25, 0.3) is 0 Å². The van der Waals surface area contributed by atoms with Gasteiger partial charge in [0.15, 0.2) is 11.5 Å². The van der Waals surface area contributed by atoms with Crippen molar-refractivity contribution in [1.82, 2.24) is 5.32 Å². The zero-order chi connectivity index (χ0) is 20.0. The third-order valence-corrected chi connectivity index (χ3v) is 5.19. The Morgan fingerprint density at radius 3 is 2.52 bits per heavy atom. The van der Waals surface area contributed by atoms with E-state index in [4.69, 9.17) is 9.47 Å². The molecule has 0 bridgehead atoms. The Labute approximate surface area is 168 Å². The van der Waals surface area contributed by atoms with Crippen molar-refractivity contribution in [1.29, 1.82) is 0 Å². The second-order valence-electron chi connectivity index (χ2n) is 6.71. The van der Waals surface area contributed by atoms with Crippen molar-refractivity contribution in [3.05, 3.63) is 57.6 Å². The molecule has 0 saturated carbocycles. The molecule has 0 aliphatic carbocycles. The maximum absolute atomic E-state index is 11.5. The largest absolute Gasteiger partial charge is 0.493 e. The van der Waals surface area contributed by atoms with E-state index < -0.39 is 12.0 Å². The summed E-state index contributed by atoms with van der Waals surface area (Å²) >= 11 is 3.55. The van der Waals surface area contributed by atoms with Crippen LogP contribution in [-0.2, 0) is 17.9 Å². The first-order valence-electron chi connectivity index (χ1n) is 8.84. The molecule has 27 heavy (non-hydrogen) atoms. The molecule has 0 fully saturated rings. The second kappa shape index (κ2) is 9.76. The summed E-state index contributed by atoms with van der Waals surface area (Å²) in [4.78, 5) is 11.5. The molecular weight excluding hydrogens is 410 g/mol. The van der Waals surface area contributed by atoms with Gasteiger partial charge in [-0.25, -0.2) is 0 Å². The summed E-state index contributed by atoms with van der Waals surface area (Å²) in [5.41, 5.74) is 3.07. The van der Waals surface area contributed by atoms with Crippen LogP contribution in [-0.4, -0.2) is 24.2 Å². The van der Waals surface area contributed by atoms with Gasteiger partial charge in [0, 0.05) is 16.6 Å². The molecule has 2 aromatic rings. The summed E-state index contributed by atoms with van der Waals surface area (Å²) in [6.07, 6.45) is 0. The zero-order valence-electron chi connectivity index (χ0n) is 16.1. The molecule has 1 atom stereocenters. The lowest BCUT2D eigenvalue weighted by molar-refractivity contribution is -0.140. The van der Waals surface area contributed by atoms with Gasteiger partial charge >= 0.3 is 5.97 Å². The quantitative estimate of drug-likeness (QED) is 0.604. The average molecular weight is 436 g/mol. The summed E-state index contributed by atoms with van der Waals surface area (Å²) in [6.45, 7) is 6.54. The highest BCUT2D eigenvalue weighted by Crippen LogP contribution is 2.37. The van der Waals surface area contributed by atoms with E-state index >= 15 is 0 Å². The van der Waals surface area contributed by atoms with Gasteiger partial charge in [-0.1, -0.05) is 54.0 Å². The minimum Gasteiger partial charge on any atom is -0.493 e. The molecule has 2 aromatic carbocycles. The maximum Gasteiger partial charge on any atom is 0.320 e. The minimum atomic E-state index is -0.869. The number of ether oxygens (including phenoxy) is 2. The van der Waals surface area contributed by atoms with Crippen LogP contribution in [0.3, 0.4) is 0 Å². The highest BCUT2D eigenvalue weighted by molar-refractivity contribution is 9.10. The van der Waals surface area contributed by atoms with E-state index in [-0.39, 0.29) is 5.92 Å². The van der Waals surface area contributed by atoms with E-state index in [1.165, 1.54) is 0 Å². The van der Waals surface area contributed by atoms with Gasteiger partial charge in [0.25, 0.3) is 0 Å². The van der Waals surface area contributed by atoms with Gasteiger partial charge in [0.1, 0.15) is 12.6 Å². The highest BCUT2D eigenvalue weighted by Gasteiger charge is 2.23. The van der Waals surface area contributed by atoms with Gasteiger partial charge in [0.2, 0.25) is 0 Å². The SMILES string of the molecule is COc1ccc(Br)c(CNC(C(=O)O)C(C)C)c1OCc1ccccc1C. The van der Waals surface area contributed by atoms with Crippen molar-refractivity contribution in [3.63, 3.8) is 0 Å². The highest BCUT2D eigenvalue weighted by atomic mass is 79.9. The standard InChI is InChI=1S/C21H26BrNO4/c1-13(2)19(21(24)25)23-11-16-17(22)9-10-18(26-4)20(16)27-12-15-8-6-5-7-14(15)3/h5-10,13,19,23H,11-12H2,1-4H3,(H,24,25). The zero-order valence-corrected chi connectivity index (χ0v) is 17.7. The van der Waals surface area contributed by atoms with E-state index in [9.17, 15) is 9.90 Å². The molecule has 146 valence electrons. The Balaban J connectivity index is 2.28. The van der Waals surface area contributed by atoms with Crippen molar-refractivity contribution in [2.75, 3.05) is 7.11 Å². The van der Waals surface area contributed by atoms with Gasteiger partial charge in [-0.2, -0.15) is 0 Å². The van der Waals surface area contributed by atoms with E-state index in [1.54, 1.807) is 7.11 Å². The molecule has 2 rings (SSSR count). The van der Waals surface area contributed by atoms with E-state index in [2.05, 4.69) is 21.2 Å². The number of benzene rings is 2. The summed E-state index contributed by atoms with van der Waals surface area (Å²) in [5.74, 6) is 0.310. The molecule has 6 heteroatoms. The molecule has 1 unspecified atom stereocenters. The van der Waals surface area contributed by atoms with Crippen LogP contribution in [0.2, 0.25) is 0 Å². The molecule has 0 amide bonds. The molecule has 0 radical (unpaired) electrons. The van der Waals surface area contributed by atoms with E-state index in [0.717, 1.165) is 21.2 Å². The first-order valence-corrected chi connectivity index (χ1v) is 9.63. The molecule has 2 N–H and O–H groups in total. The monoisotopic (exact) mass is 435 g/mol. The van der Waals surface area contributed by atoms with Crippen LogP contribution in [0.5, 0.6) is 11.5 Å². The molecule has 0 aromatic heterocycles. The fourth-order valence-electron chi connectivity index (χ4n) is 2.81. The Morgan fingerprint density at radius 2 is 1.93 bits per heavy atom. The Bertz CT molecular complexity index is 792. The number of nitrogens with one attached hydrogen (secondary N) is 1.